The van der Waals surface area contributed by atoms with E-state index in [-0.39, 0.29) is 31.4 Å². The molecule has 3 fully saturated rings. The summed E-state index contributed by atoms with van der Waals surface area (Å²) in [4.78, 5) is 59.8. The number of esters is 1. The van der Waals surface area contributed by atoms with Gasteiger partial charge in [0.05, 0.1) is 47.3 Å². The Hall–Kier alpha value is -3.99. The smallest absolute Gasteiger partial charge is 0.313 e. The number of hydrogen-bond acceptors (Lipinski definition) is 7. The zero-order valence-electron chi connectivity index (χ0n) is 29.2. The number of aliphatic hydroxyl groups is 1. The normalized spacial score (nSPS) is 25.5. The summed E-state index contributed by atoms with van der Waals surface area (Å²) in [6.45, 7) is 14.6. The highest BCUT2D eigenvalue weighted by molar-refractivity contribution is 6.34. The number of amides is 3. The summed E-state index contributed by atoms with van der Waals surface area (Å²) in [5, 5.41) is 13.9. The molecule has 2 aromatic carbocycles. The van der Waals surface area contributed by atoms with Crippen LogP contribution in [0.1, 0.15) is 63.7 Å². The number of nitrogens with one attached hydrogen (secondary N) is 1. The number of carbonyl (C=O) groups is 4. The number of allylic oxidation sites excluding steroid dienone is 1. The Bertz CT molecular complexity index is 1600. The van der Waals surface area contributed by atoms with Gasteiger partial charge in [-0.3, -0.25) is 19.2 Å². The average Bonchev–Trinajstić information content (AvgIpc) is 3.73. The maximum absolute atomic E-state index is 15.0. The molecule has 0 unspecified atom stereocenters. The quantitative estimate of drug-likeness (QED) is 0.190. The number of carbonyl (C=O) groups excluding carboxylic acids is 4. The summed E-state index contributed by atoms with van der Waals surface area (Å²) in [5.74, 6) is -3.96. The molecule has 3 amide bonds. The molecule has 3 saturated heterocycles. The van der Waals surface area contributed by atoms with Crippen LogP contribution in [0.15, 0.2) is 73.8 Å². The minimum Gasteiger partial charge on any atom is -0.455 e. The molecule has 2 bridgehead atoms. The van der Waals surface area contributed by atoms with Gasteiger partial charge < -0.3 is 29.7 Å². The number of fused-ring (bicyclic) bond motifs is 1. The number of aliphatic hydroxyl groups excluding tert-OH is 1. The maximum atomic E-state index is 15.0. The third-order valence-corrected chi connectivity index (χ3v) is 10.7. The molecular weight excluding hydrogens is 658 g/mol. The van der Waals surface area contributed by atoms with Crippen LogP contribution in [0.5, 0.6) is 0 Å². The Morgan fingerprint density at radius 1 is 1.14 bits per heavy atom. The number of halogens is 1. The Balaban J connectivity index is 1.54. The molecule has 5 rings (SSSR count). The van der Waals surface area contributed by atoms with Crippen molar-refractivity contribution in [2.75, 3.05) is 18.1 Å². The van der Waals surface area contributed by atoms with Gasteiger partial charge in [-0.1, -0.05) is 80.1 Å². The van der Waals surface area contributed by atoms with Crippen LogP contribution in [0.4, 0.5) is 5.69 Å². The number of ether oxygens (including phenoxy) is 2. The van der Waals surface area contributed by atoms with Crippen molar-refractivity contribution in [1.29, 1.82) is 0 Å². The van der Waals surface area contributed by atoms with Crippen LogP contribution in [0.2, 0.25) is 5.02 Å². The monoisotopic (exact) mass is 705 g/mol. The number of rotatable bonds is 15. The van der Waals surface area contributed by atoms with Crippen LogP contribution in [-0.2, 0) is 28.7 Å². The topological polar surface area (TPSA) is 125 Å². The first kappa shape index (κ1) is 37.3. The van der Waals surface area contributed by atoms with Gasteiger partial charge in [0, 0.05) is 13.0 Å². The molecule has 2 aromatic rings. The van der Waals surface area contributed by atoms with Gasteiger partial charge in [-0.05, 0) is 56.2 Å². The molecule has 50 heavy (non-hydrogen) atoms. The van der Waals surface area contributed by atoms with Crippen LogP contribution in [0.25, 0.3) is 0 Å². The van der Waals surface area contributed by atoms with E-state index in [2.05, 4.69) is 18.5 Å². The summed E-state index contributed by atoms with van der Waals surface area (Å²) in [5.41, 5.74) is 0.594. The number of anilines is 1. The molecule has 2 N–H and O–H groups in total. The predicted octanol–water partition coefficient (Wildman–Crippen LogP) is 5.31. The summed E-state index contributed by atoms with van der Waals surface area (Å²) < 4.78 is 12.9. The second-order valence-corrected chi connectivity index (χ2v) is 14.3. The molecule has 3 heterocycles. The average molecular weight is 706 g/mol. The first-order valence-electron chi connectivity index (χ1n) is 17.4. The van der Waals surface area contributed by atoms with Gasteiger partial charge in [-0.15, -0.1) is 13.2 Å². The van der Waals surface area contributed by atoms with Crippen LogP contribution in [0, 0.1) is 24.7 Å². The van der Waals surface area contributed by atoms with E-state index in [1.54, 1.807) is 31.2 Å². The van der Waals surface area contributed by atoms with E-state index < -0.39 is 65.6 Å². The fourth-order valence-corrected chi connectivity index (χ4v) is 8.41. The fraction of sp³-hybridized carbons (Fsp3) is 0.487. The van der Waals surface area contributed by atoms with E-state index in [0.29, 0.717) is 35.5 Å². The second-order valence-electron chi connectivity index (χ2n) is 13.9. The number of aryl methyl sites for hydroxylation is 1. The highest BCUT2D eigenvalue weighted by atomic mass is 35.5. The maximum Gasteiger partial charge on any atom is 0.313 e. The van der Waals surface area contributed by atoms with Gasteiger partial charge in [0.1, 0.15) is 17.7 Å². The van der Waals surface area contributed by atoms with Crippen molar-refractivity contribution < 1.29 is 33.8 Å². The van der Waals surface area contributed by atoms with Gasteiger partial charge in [0.25, 0.3) is 5.91 Å². The Morgan fingerprint density at radius 2 is 1.86 bits per heavy atom. The largest absolute Gasteiger partial charge is 0.455 e. The Kier molecular flexibility index (Phi) is 11.5. The molecule has 0 aromatic heterocycles. The zero-order chi connectivity index (χ0) is 36.3. The highest BCUT2D eigenvalue weighted by Gasteiger charge is 2.76. The van der Waals surface area contributed by atoms with Gasteiger partial charge in [0.2, 0.25) is 11.8 Å². The third-order valence-electron chi connectivity index (χ3n) is 10.4. The van der Waals surface area contributed by atoms with Gasteiger partial charge >= 0.3 is 5.97 Å². The molecule has 3 aliphatic heterocycles. The van der Waals surface area contributed by atoms with Crippen molar-refractivity contribution in [2.24, 2.45) is 17.8 Å². The van der Waals surface area contributed by atoms with Crippen molar-refractivity contribution in [3.8, 4) is 0 Å². The number of para-hydroxylation sites is 1. The van der Waals surface area contributed by atoms with Gasteiger partial charge in [-0.25, -0.2) is 0 Å². The van der Waals surface area contributed by atoms with E-state index in [1.807, 2.05) is 57.2 Å². The lowest BCUT2D eigenvalue weighted by Crippen LogP contribution is -2.60. The number of likely N-dealkylation sites (tertiary alicyclic amines) is 1. The molecule has 268 valence electrons. The standard InChI is InChI=1S/C39H48ClN3O7/c1-7-9-18-30(45)41-25(6)34(26-15-11-10-12-16-26)49-38(48)31-29-19-20-39(50-29)32(31)36(46)43(28(22-44)23(3)4)35(39)37(47)42(21-8-2)33-24(5)14-13-17-27(33)40/h7-8,10-17,23,25,28-29,31-32,34-35,44H,1-2,9,18-22H2,3-6H3,(H,41,45)/t25-,28-,29+,31-,32-,34-,35+,39-/m0/s1. The molecule has 11 heteroatoms. The molecule has 3 aliphatic rings. The minimum atomic E-state index is -1.34. The van der Waals surface area contributed by atoms with Crippen LogP contribution in [0.3, 0.4) is 0 Å². The van der Waals surface area contributed by atoms with E-state index in [4.69, 9.17) is 21.1 Å². The van der Waals surface area contributed by atoms with Gasteiger partial charge in [-0.2, -0.15) is 0 Å². The molecule has 0 aliphatic carbocycles. The van der Waals surface area contributed by atoms with E-state index >= 15 is 0 Å². The van der Waals surface area contributed by atoms with Crippen molar-refractivity contribution in [1.82, 2.24) is 10.2 Å². The summed E-state index contributed by atoms with van der Waals surface area (Å²) >= 11 is 6.68. The van der Waals surface area contributed by atoms with Crippen molar-refractivity contribution in [3.63, 3.8) is 0 Å². The van der Waals surface area contributed by atoms with E-state index in [9.17, 15) is 24.3 Å². The first-order valence-corrected chi connectivity index (χ1v) is 17.7. The number of hydrogen-bond donors (Lipinski definition) is 2. The Labute approximate surface area is 299 Å². The molecule has 10 nitrogen and oxygen atoms in total. The summed E-state index contributed by atoms with van der Waals surface area (Å²) in [7, 11) is 0. The van der Waals surface area contributed by atoms with Crippen LogP contribution >= 0.6 is 11.6 Å². The predicted molar refractivity (Wildman–Crippen MR) is 191 cm³/mol. The lowest BCUT2D eigenvalue weighted by molar-refractivity contribution is -0.162. The lowest BCUT2D eigenvalue weighted by atomic mass is 9.70. The fourth-order valence-electron chi connectivity index (χ4n) is 8.09. The van der Waals surface area contributed by atoms with Crippen molar-refractivity contribution >= 4 is 41.0 Å². The zero-order valence-corrected chi connectivity index (χ0v) is 30.0. The van der Waals surface area contributed by atoms with Gasteiger partial charge in [0.15, 0.2) is 0 Å². The highest BCUT2D eigenvalue weighted by Crippen LogP contribution is 2.60. The molecule has 1 spiro atoms. The lowest BCUT2D eigenvalue weighted by Gasteiger charge is -2.40. The SMILES string of the molecule is C=CCCC(=O)N[C@@H](C)[C@H](OC(=O)[C@@H]1[C@H]2C(=O)N([C@@H](CO)C(C)C)[C@H](C(=O)N(CC=C)c3c(C)cccc3Cl)[C@]23CC[C@H]1O3)c1ccccc1. The van der Waals surface area contributed by atoms with Crippen LogP contribution < -0.4 is 10.2 Å². The second kappa shape index (κ2) is 15.5. The summed E-state index contributed by atoms with van der Waals surface area (Å²) in [6.07, 6.45) is 3.28. The first-order chi connectivity index (χ1) is 23.9. The van der Waals surface area contributed by atoms with E-state index in [1.165, 1.54) is 9.80 Å². The van der Waals surface area contributed by atoms with Crippen molar-refractivity contribution in [3.05, 3.63) is 90.0 Å². The molecule has 0 radical (unpaired) electrons. The number of benzene rings is 2. The molecular formula is C39H48ClN3O7. The summed E-state index contributed by atoms with van der Waals surface area (Å²) in [6, 6.07) is 12.0. The molecule has 8 atom stereocenters. The van der Waals surface area contributed by atoms with E-state index in [0.717, 1.165) is 5.56 Å². The number of nitrogens with zero attached hydrogens (tertiary/aromatic N) is 2. The molecule has 0 saturated carbocycles. The minimum absolute atomic E-state index is 0.109. The Morgan fingerprint density at radius 3 is 2.48 bits per heavy atom. The van der Waals surface area contributed by atoms with Crippen molar-refractivity contribution in [2.45, 2.75) is 89.3 Å². The third kappa shape index (κ3) is 6.73. The van der Waals surface area contributed by atoms with Crippen LogP contribution in [-0.4, -0.2) is 76.7 Å².